The minimum atomic E-state index is 0.851. The number of hydrogen-bond acceptors (Lipinski definition) is 1. The minimum Gasteiger partial charge on any atom is -0.317 e. The molecule has 1 saturated heterocycles. The van der Waals surface area contributed by atoms with Gasteiger partial charge in [0.25, 0.3) is 0 Å². The predicted octanol–water partition coefficient (Wildman–Crippen LogP) is 6.18. The van der Waals surface area contributed by atoms with Crippen LogP contribution in [0.3, 0.4) is 0 Å². The Morgan fingerprint density at radius 1 is 0.742 bits per heavy atom. The van der Waals surface area contributed by atoms with E-state index in [1.165, 1.54) is 84.1 Å². The molecule has 0 saturated carbocycles. The van der Waals surface area contributed by atoms with Crippen molar-refractivity contribution >= 4 is 5.57 Å². The van der Waals surface area contributed by atoms with Crippen molar-refractivity contribution in [1.82, 2.24) is 5.32 Å². The van der Waals surface area contributed by atoms with E-state index >= 15 is 0 Å². The molecular formula is C30H31N. The lowest BCUT2D eigenvalue weighted by molar-refractivity contribution is 0.372. The number of aryl methyl sites for hydroxylation is 1. The molecule has 156 valence electrons. The zero-order valence-corrected chi connectivity index (χ0v) is 18.3. The number of nitrogens with one attached hydrogen (secondary N) is 1. The van der Waals surface area contributed by atoms with Crippen LogP contribution in [0.5, 0.6) is 0 Å². The molecule has 0 aromatic heterocycles. The van der Waals surface area contributed by atoms with E-state index in [0.29, 0.717) is 0 Å². The fourth-order valence-corrected chi connectivity index (χ4v) is 5.96. The zero-order chi connectivity index (χ0) is 20.6. The van der Waals surface area contributed by atoms with Gasteiger partial charge in [-0.25, -0.2) is 0 Å². The average molecular weight is 406 g/mol. The summed E-state index contributed by atoms with van der Waals surface area (Å²) in [7, 11) is 0. The molecule has 2 aliphatic carbocycles. The average Bonchev–Trinajstić information content (AvgIpc) is 2.84. The molecule has 3 aromatic rings. The summed E-state index contributed by atoms with van der Waals surface area (Å²) in [5.41, 5.74) is 13.6. The molecule has 0 spiro atoms. The summed E-state index contributed by atoms with van der Waals surface area (Å²) in [6.07, 6.45) is 10.9. The normalized spacial score (nSPS) is 18.0. The topological polar surface area (TPSA) is 12.0 Å². The van der Waals surface area contributed by atoms with Crippen LogP contribution in [-0.4, -0.2) is 13.1 Å². The van der Waals surface area contributed by atoms with Crippen LogP contribution in [0.15, 0.2) is 66.7 Å². The van der Waals surface area contributed by atoms with Gasteiger partial charge in [-0.15, -0.1) is 0 Å². The second kappa shape index (κ2) is 8.13. The van der Waals surface area contributed by atoms with Crippen molar-refractivity contribution in [3.05, 3.63) is 100 Å². The quantitative estimate of drug-likeness (QED) is 0.549. The molecule has 0 atom stereocenters. The standard InChI is InChI=1S/C30H31N/c1-2-4-27-24(3-1)9-13-30-28-12-10-25(20-26(28)11-14-29(27)30)23-7-5-21(6-8-23)19-22-15-17-31-18-16-22/h1-8,10-11,14,22,31H,9,12-13,15-20H2. The largest absolute Gasteiger partial charge is 0.317 e. The Labute approximate surface area is 186 Å². The summed E-state index contributed by atoms with van der Waals surface area (Å²) in [4.78, 5) is 0. The molecule has 1 heteroatoms. The number of benzene rings is 3. The van der Waals surface area contributed by atoms with Gasteiger partial charge in [0.05, 0.1) is 0 Å². The van der Waals surface area contributed by atoms with Crippen molar-refractivity contribution in [3.8, 4) is 11.1 Å². The summed E-state index contributed by atoms with van der Waals surface area (Å²) in [5.74, 6) is 0.851. The molecule has 1 heterocycles. The summed E-state index contributed by atoms with van der Waals surface area (Å²) in [6.45, 7) is 2.37. The van der Waals surface area contributed by atoms with Crippen LogP contribution in [0, 0.1) is 5.92 Å². The first-order valence-corrected chi connectivity index (χ1v) is 12.1. The molecule has 1 aliphatic heterocycles. The first-order valence-electron chi connectivity index (χ1n) is 12.1. The maximum Gasteiger partial charge on any atom is -0.00199 e. The van der Waals surface area contributed by atoms with Crippen LogP contribution in [0.1, 0.15) is 46.2 Å². The Morgan fingerprint density at radius 3 is 2.45 bits per heavy atom. The van der Waals surface area contributed by atoms with Gasteiger partial charge in [0.15, 0.2) is 0 Å². The van der Waals surface area contributed by atoms with Crippen molar-refractivity contribution in [2.24, 2.45) is 5.92 Å². The van der Waals surface area contributed by atoms with Gasteiger partial charge in [0.1, 0.15) is 0 Å². The third kappa shape index (κ3) is 3.66. The Kier molecular flexibility index (Phi) is 5.00. The predicted molar refractivity (Wildman–Crippen MR) is 130 cm³/mol. The monoisotopic (exact) mass is 405 g/mol. The Balaban J connectivity index is 1.22. The highest BCUT2D eigenvalue weighted by Crippen LogP contribution is 2.39. The first-order chi connectivity index (χ1) is 15.3. The van der Waals surface area contributed by atoms with Crippen molar-refractivity contribution in [2.75, 3.05) is 13.1 Å². The van der Waals surface area contributed by atoms with Gasteiger partial charge in [0.2, 0.25) is 0 Å². The van der Waals surface area contributed by atoms with Crippen LogP contribution >= 0.6 is 0 Å². The van der Waals surface area contributed by atoms with Crippen LogP contribution in [0.4, 0.5) is 0 Å². The zero-order valence-electron chi connectivity index (χ0n) is 18.3. The highest BCUT2D eigenvalue weighted by atomic mass is 14.9. The molecule has 1 nitrogen and oxygen atoms in total. The van der Waals surface area contributed by atoms with Gasteiger partial charge < -0.3 is 5.32 Å². The van der Waals surface area contributed by atoms with E-state index in [1.807, 2.05) is 0 Å². The molecule has 31 heavy (non-hydrogen) atoms. The third-order valence-electron chi connectivity index (χ3n) is 7.72. The second-order valence-electron chi connectivity index (χ2n) is 9.59. The number of allylic oxidation sites excluding steroid dienone is 2. The third-order valence-corrected chi connectivity index (χ3v) is 7.72. The van der Waals surface area contributed by atoms with Crippen LogP contribution < -0.4 is 5.32 Å². The summed E-state index contributed by atoms with van der Waals surface area (Å²) >= 11 is 0. The Morgan fingerprint density at radius 2 is 1.58 bits per heavy atom. The van der Waals surface area contributed by atoms with E-state index in [-0.39, 0.29) is 0 Å². The molecule has 0 bridgehead atoms. The van der Waals surface area contributed by atoms with E-state index in [4.69, 9.17) is 0 Å². The van der Waals surface area contributed by atoms with Crippen molar-refractivity contribution in [3.63, 3.8) is 0 Å². The van der Waals surface area contributed by atoms with Gasteiger partial charge in [-0.05, 0) is 114 Å². The fourth-order valence-electron chi connectivity index (χ4n) is 5.96. The maximum absolute atomic E-state index is 3.48. The molecular weight excluding hydrogens is 374 g/mol. The number of rotatable bonds is 3. The molecule has 0 unspecified atom stereocenters. The van der Waals surface area contributed by atoms with Crippen LogP contribution in [0.2, 0.25) is 0 Å². The number of fused-ring (bicyclic) bond motifs is 5. The number of piperidine rings is 1. The Hall–Kier alpha value is -2.64. The maximum atomic E-state index is 3.48. The molecule has 0 radical (unpaired) electrons. The van der Waals surface area contributed by atoms with Gasteiger partial charge in [-0.2, -0.15) is 0 Å². The Bertz CT molecular complexity index is 1130. The lowest BCUT2D eigenvalue weighted by Crippen LogP contribution is -2.28. The van der Waals surface area contributed by atoms with E-state index in [9.17, 15) is 0 Å². The van der Waals surface area contributed by atoms with E-state index < -0.39 is 0 Å². The van der Waals surface area contributed by atoms with E-state index in [1.54, 1.807) is 11.1 Å². The highest BCUT2D eigenvalue weighted by Gasteiger charge is 2.22. The van der Waals surface area contributed by atoms with Gasteiger partial charge in [-0.3, -0.25) is 0 Å². The first kappa shape index (κ1) is 19.1. The summed E-state index contributed by atoms with van der Waals surface area (Å²) < 4.78 is 0. The van der Waals surface area contributed by atoms with E-state index in [2.05, 4.69) is 72.1 Å². The molecule has 3 aliphatic rings. The van der Waals surface area contributed by atoms with E-state index in [0.717, 1.165) is 18.8 Å². The van der Waals surface area contributed by atoms with Crippen molar-refractivity contribution < 1.29 is 0 Å². The summed E-state index contributed by atoms with van der Waals surface area (Å²) in [6, 6.07) is 23.2. The SMILES string of the molecule is C1=C(c2ccc(CC3CCNCC3)cc2)Cc2ccc3c(c2C1)CCc1ccccc1-3. The molecule has 3 aromatic carbocycles. The lowest BCUT2D eigenvalue weighted by Gasteiger charge is -2.27. The van der Waals surface area contributed by atoms with Gasteiger partial charge in [0, 0.05) is 0 Å². The fraction of sp³-hybridized carbons (Fsp3) is 0.333. The van der Waals surface area contributed by atoms with Crippen LogP contribution in [0.25, 0.3) is 16.7 Å². The highest BCUT2D eigenvalue weighted by molar-refractivity contribution is 5.78. The lowest BCUT2D eigenvalue weighted by atomic mass is 9.78. The van der Waals surface area contributed by atoms with Crippen LogP contribution in [-0.2, 0) is 32.1 Å². The summed E-state index contributed by atoms with van der Waals surface area (Å²) in [5, 5.41) is 3.48. The molecule has 1 fully saturated rings. The minimum absolute atomic E-state index is 0.851. The molecule has 1 N–H and O–H groups in total. The van der Waals surface area contributed by atoms with Crippen molar-refractivity contribution in [1.29, 1.82) is 0 Å². The van der Waals surface area contributed by atoms with Gasteiger partial charge in [-0.1, -0.05) is 66.7 Å². The van der Waals surface area contributed by atoms with Crippen molar-refractivity contribution in [2.45, 2.75) is 44.9 Å². The van der Waals surface area contributed by atoms with Gasteiger partial charge >= 0.3 is 0 Å². The molecule has 6 rings (SSSR count). The second-order valence-corrected chi connectivity index (χ2v) is 9.59. The molecule has 0 amide bonds. The number of hydrogen-bond donors (Lipinski definition) is 1. The smallest absolute Gasteiger partial charge is 0.00199 e.